The average molecular weight is 574 g/mol. The molecule has 34 heavy (non-hydrogen) atoms. The molecule has 0 spiro atoms. The van der Waals surface area contributed by atoms with Crippen LogP contribution >= 0.6 is 0 Å². The zero-order valence-electron chi connectivity index (χ0n) is 22.5. The van der Waals surface area contributed by atoms with Gasteiger partial charge < -0.3 is 24.8 Å². The Hall–Kier alpha value is -0.617. The number of fused-ring (bicyclic) bond motifs is 3. The van der Waals surface area contributed by atoms with Crippen LogP contribution in [-0.4, -0.2) is 0 Å². The summed E-state index contributed by atoms with van der Waals surface area (Å²) in [5.74, 6) is 0.304. The van der Waals surface area contributed by atoms with Crippen molar-refractivity contribution < 1.29 is 51.0 Å². The topological polar surface area (TPSA) is 0 Å². The predicted molar refractivity (Wildman–Crippen MR) is 135 cm³/mol. The van der Waals surface area contributed by atoms with Gasteiger partial charge in [-0.2, -0.15) is 11.1 Å². The molecule has 0 saturated heterocycles. The average Bonchev–Trinajstić information content (AvgIpc) is 3.16. The molecule has 0 aliphatic heterocycles. The molecule has 0 N–H and O–H groups in total. The molecule has 2 aliphatic carbocycles. The van der Waals surface area contributed by atoms with Gasteiger partial charge in [-0.15, -0.1) is 6.42 Å². The first kappa shape index (κ1) is 31.4. The largest absolute Gasteiger partial charge is 3.00 e. The molecule has 1 radical (unpaired) electrons. The Morgan fingerprint density at radius 1 is 0.676 bits per heavy atom. The van der Waals surface area contributed by atoms with E-state index in [0.29, 0.717) is 5.92 Å². The van der Waals surface area contributed by atoms with Gasteiger partial charge in [0.05, 0.1) is 0 Å². The molecule has 181 valence electrons. The molecule has 2 aromatic carbocycles. The Bertz CT molecular complexity index is 1050. The Balaban J connectivity index is 0.00000193. The van der Waals surface area contributed by atoms with Gasteiger partial charge in [-0.05, 0) is 55.5 Å². The minimum absolute atomic E-state index is 0. The SMILES string of the molecule is CC1=[C-]CC(C(C)(C)C)=C1C1c2cc(C(C)(C)C)ccc2-c2ccc(C(C)(C)C)cc21.[Cl-].[Cl-].[Zr+3]. The monoisotopic (exact) mass is 571 g/mol. The van der Waals surface area contributed by atoms with Gasteiger partial charge in [0.25, 0.3) is 0 Å². The van der Waals surface area contributed by atoms with E-state index in [4.69, 9.17) is 0 Å². The summed E-state index contributed by atoms with van der Waals surface area (Å²) in [5.41, 5.74) is 13.5. The van der Waals surface area contributed by atoms with Crippen LogP contribution in [0.1, 0.15) is 104 Å². The number of halogens is 2. The second-order valence-electron chi connectivity index (χ2n) is 12.7. The second-order valence-corrected chi connectivity index (χ2v) is 12.7. The molecule has 0 unspecified atom stereocenters. The quantitative estimate of drug-likeness (QED) is 0.461. The summed E-state index contributed by atoms with van der Waals surface area (Å²) in [7, 11) is 0. The summed E-state index contributed by atoms with van der Waals surface area (Å²) in [5, 5.41) is 0. The van der Waals surface area contributed by atoms with E-state index in [-0.39, 0.29) is 67.3 Å². The molecule has 0 atom stereocenters. The molecule has 0 nitrogen and oxygen atoms in total. The molecule has 2 aliphatic rings. The number of benzene rings is 2. The first-order valence-electron chi connectivity index (χ1n) is 11.8. The van der Waals surface area contributed by atoms with Crippen LogP contribution in [0.5, 0.6) is 0 Å². The van der Waals surface area contributed by atoms with Crippen LogP contribution < -0.4 is 24.8 Å². The molecule has 4 rings (SSSR count). The fraction of sp³-hybridized carbons (Fsp3) is 0.484. The standard InChI is InChI=1S/C31H39.2ClH.Zr/c1-19-11-16-26(31(8,9)10)27(19)28-24-17-20(29(2,3)4)12-14-22(24)23-15-13-21(18-25(23)28)30(5,6)7;;;/h12-15,17-18,28H,16H2,1-10H3;2*1H;/q-1;;;+3/p-2. The van der Waals surface area contributed by atoms with Crippen molar-refractivity contribution in [2.75, 3.05) is 0 Å². The summed E-state index contributed by atoms with van der Waals surface area (Å²) in [6.07, 6.45) is 4.66. The number of hydrogen-bond donors (Lipinski definition) is 0. The van der Waals surface area contributed by atoms with Crippen molar-refractivity contribution >= 4 is 0 Å². The number of allylic oxidation sites excluding steroid dienone is 4. The second kappa shape index (κ2) is 10.4. The summed E-state index contributed by atoms with van der Waals surface area (Å²) in [6, 6.07) is 14.4. The van der Waals surface area contributed by atoms with E-state index < -0.39 is 0 Å². The van der Waals surface area contributed by atoms with Crippen molar-refractivity contribution in [3.8, 4) is 11.1 Å². The van der Waals surface area contributed by atoms with Crippen molar-refractivity contribution in [3.63, 3.8) is 0 Å². The van der Waals surface area contributed by atoms with E-state index in [2.05, 4.69) is 112 Å². The number of hydrogen-bond acceptors (Lipinski definition) is 0. The van der Waals surface area contributed by atoms with Crippen LogP contribution in [-0.2, 0) is 37.0 Å². The van der Waals surface area contributed by atoms with Crippen molar-refractivity contribution in [1.29, 1.82) is 0 Å². The van der Waals surface area contributed by atoms with Gasteiger partial charge in [0.1, 0.15) is 0 Å². The molecule has 3 heteroatoms. The molecular weight excluding hydrogens is 534 g/mol. The number of rotatable bonds is 1. The maximum absolute atomic E-state index is 3.70. The third-order valence-corrected chi connectivity index (χ3v) is 7.20. The summed E-state index contributed by atoms with van der Waals surface area (Å²) < 4.78 is 0. The summed E-state index contributed by atoms with van der Waals surface area (Å²) >= 11 is 0. The molecular formula is C31H39Cl2Zr. The van der Waals surface area contributed by atoms with Crippen LogP contribution in [0.2, 0.25) is 0 Å². The van der Waals surface area contributed by atoms with E-state index in [9.17, 15) is 0 Å². The van der Waals surface area contributed by atoms with Crippen molar-refractivity contribution in [3.05, 3.63) is 81.4 Å². The van der Waals surface area contributed by atoms with E-state index >= 15 is 0 Å². The van der Waals surface area contributed by atoms with E-state index in [1.54, 1.807) is 5.57 Å². The fourth-order valence-electron chi connectivity index (χ4n) is 5.20. The van der Waals surface area contributed by atoms with Gasteiger partial charge in [0, 0.05) is 0 Å². The van der Waals surface area contributed by atoms with Gasteiger partial charge in [-0.25, -0.2) is 5.57 Å². The molecule has 0 heterocycles. The first-order valence-corrected chi connectivity index (χ1v) is 11.8. The van der Waals surface area contributed by atoms with E-state index in [0.717, 1.165) is 6.42 Å². The maximum Gasteiger partial charge on any atom is 3.00 e. The minimum Gasteiger partial charge on any atom is -1.00 e. The first-order chi connectivity index (χ1) is 14.2. The van der Waals surface area contributed by atoms with Crippen LogP contribution in [0.25, 0.3) is 11.1 Å². The van der Waals surface area contributed by atoms with Crippen molar-refractivity contribution in [2.45, 2.75) is 92.4 Å². The normalized spacial score (nSPS) is 15.6. The third kappa shape index (κ3) is 5.53. The van der Waals surface area contributed by atoms with E-state index in [1.165, 1.54) is 44.5 Å². The van der Waals surface area contributed by atoms with Gasteiger partial charge in [0.2, 0.25) is 0 Å². The zero-order chi connectivity index (χ0) is 22.9. The summed E-state index contributed by atoms with van der Waals surface area (Å²) in [6.45, 7) is 23.2. The zero-order valence-corrected chi connectivity index (χ0v) is 26.5. The summed E-state index contributed by atoms with van der Waals surface area (Å²) in [4.78, 5) is 0. The smallest absolute Gasteiger partial charge is 1.00 e. The van der Waals surface area contributed by atoms with Crippen LogP contribution in [0, 0.1) is 11.5 Å². The maximum atomic E-state index is 3.70. The molecule has 0 bridgehead atoms. The molecule has 0 aromatic heterocycles. The predicted octanol–water partition coefficient (Wildman–Crippen LogP) is 2.90. The van der Waals surface area contributed by atoms with Gasteiger partial charge in [0.15, 0.2) is 0 Å². The van der Waals surface area contributed by atoms with Gasteiger partial charge >= 0.3 is 26.2 Å². The van der Waals surface area contributed by atoms with Crippen LogP contribution in [0.15, 0.2) is 53.1 Å². The Morgan fingerprint density at radius 3 is 1.44 bits per heavy atom. The van der Waals surface area contributed by atoms with Gasteiger partial charge in [-0.1, -0.05) is 106 Å². The van der Waals surface area contributed by atoms with Crippen LogP contribution in [0.3, 0.4) is 0 Å². The minimum atomic E-state index is 0. The van der Waals surface area contributed by atoms with Crippen molar-refractivity contribution in [2.24, 2.45) is 5.41 Å². The van der Waals surface area contributed by atoms with Crippen LogP contribution in [0.4, 0.5) is 0 Å². The molecule has 0 fully saturated rings. The molecule has 2 aromatic rings. The third-order valence-electron chi connectivity index (χ3n) is 7.20. The Labute approximate surface area is 240 Å². The Morgan fingerprint density at radius 2 is 1.09 bits per heavy atom. The van der Waals surface area contributed by atoms with Crippen molar-refractivity contribution in [1.82, 2.24) is 0 Å². The Kier molecular flexibility index (Phi) is 9.61. The fourth-order valence-corrected chi connectivity index (χ4v) is 5.20. The molecule has 0 amide bonds. The van der Waals surface area contributed by atoms with E-state index in [1.807, 2.05) is 0 Å². The van der Waals surface area contributed by atoms with Gasteiger partial charge in [-0.3, -0.25) is 6.08 Å². The molecule has 0 saturated carbocycles.